The number of likely N-dealkylation sites (tertiary alicyclic amines) is 1. The summed E-state index contributed by atoms with van der Waals surface area (Å²) in [5, 5.41) is 0. The first-order valence-corrected chi connectivity index (χ1v) is 8.48. The molecule has 4 nitrogen and oxygen atoms in total. The Hall–Kier alpha value is -1.42. The van der Waals surface area contributed by atoms with Crippen LogP contribution in [0.15, 0.2) is 24.4 Å². The van der Waals surface area contributed by atoms with Crippen molar-refractivity contribution in [3.05, 3.63) is 24.4 Å². The van der Waals surface area contributed by atoms with Gasteiger partial charge in [0.1, 0.15) is 5.82 Å². The van der Waals surface area contributed by atoms with Gasteiger partial charge in [-0.05, 0) is 43.9 Å². The Morgan fingerprint density at radius 1 is 1.41 bits per heavy atom. The van der Waals surface area contributed by atoms with Crippen LogP contribution < -0.4 is 4.90 Å². The molecule has 1 aliphatic rings. The highest BCUT2D eigenvalue weighted by molar-refractivity contribution is 5.92. The number of anilines is 1. The maximum Gasteiger partial charge on any atom is 0.228 e. The van der Waals surface area contributed by atoms with Crippen molar-refractivity contribution in [3.8, 4) is 0 Å². The summed E-state index contributed by atoms with van der Waals surface area (Å²) in [7, 11) is 0. The number of carbonyl (C=O) groups is 1. The molecule has 0 spiro atoms. The normalized spacial score (nSPS) is 24.0. The largest absolute Gasteiger partial charge is 0.301 e. The van der Waals surface area contributed by atoms with Crippen molar-refractivity contribution in [1.29, 1.82) is 0 Å². The van der Waals surface area contributed by atoms with Gasteiger partial charge in [-0.15, -0.1) is 0 Å². The van der Waals surface area contributed by atoms with E-state index in [9.17, 15) is 4.79 Å². The summed E-state index contributed by atoms with van der Waals surface area (Å²) in [6.07, 6.45) is 3.51. The molecule has 1 amide bonds. The Morgan fingerprint density at radius 3 is 2.77 bits per heavy atom. The van der Waals surface area contributed by atoms with Crippen LogP contribution in [0.4, 0.5) is 5.82 Å². The summed E-state index contributed by atoms with van der Waals surface area (Å²) in [5.74, 6) is 2.44. The maximum atomic E-state index is 12.4. The second kappa shape index (κ2) is 7.73. The molecule has 1 fully saturated rings. The standard InChI is InChI=1S/C18H29N3O/c1-5-18(22)21(17-8-6-7-10-19-17)16(4)13-20-11-9-14(2)15(3)12-20/h6-8,10,14-16H,5,9,11-13H2,1-4H3. The van der Waals surface area contributed by atoms with Crippen LogP contribution in [-0.4, -0.2) is 41.5 Å². The highest BCUT2D eigenvalue weighted by Gasteiger charge is 2.27. The number of hydrogen-bond donors (Lipinski definition) is 0. The smallest absolute Gasteiger partial charge is 0.228 e. The average molecular weight is 303 g/mol. The van der Waals surface area contributed by atoms with Crippen LogP contribution in [0.25, 0.3) is 0 Å². The molecule has 122 valence electrons. The Bertz CT molecular complexity index is 476. The minimum absolute atomic E-state index is 0.142. The molecule has 0 radical (unpaired) electrons. The first kappa shape index (κ1) is 16.9. The molecular formula is C18H29N3O. The monoisotopic (exact) mass is 303 g/mol. The molecule has 0 aliphatic carbocycles. The number of piperidine rings is 1. The predicted octanol–water partition coefficient (Wildman–Crippen LogP) is 3.19. The number of hydrogen-bond acceptors (Lipinski definition) is 3. The molecule has 0 N–H and O–H groups in total. The molecule has 1 aliphatic heterocycles. The molecule has 0 aromatic carbocycles. The molecule has 22 heavy (non-hydrogen) atoms. The fraction of sp³-hybridized carbons (Fsp3) is 0.667. The van der Waals surface area contributed by atoms with Crippen LogP contribution >= 0.6 is 0 Å². The lowest BCUT2D eigenvalue weighted by Gasteiger charge is -2.38. The van der Waals surface area contributed by atoms with Crippen molar-refractivity contribution in [2.75, 3.05) is 24.5 Å². The zero-order chi connectivity index (χ0) is 16.1. The van der Waals surface area contributed by atoms with E-state index in [1.807, 2.05) is 30.0 Å². The highest BCUT2D eigenvalue weighted by Crippen LogP contribution is 2.23. The lowest BCUT2D eigenvalue weighted by molar-refractivity contribution is -0.118. The van der Waals surface area contributed by atoms with E-state index in [1.165, 1.54) is 6.42 Å². The van der Waals surface area contributed by atoms with E-state index in [2.05, 4.69) is 30.7 Å². The zero-order valence-electron chi connectivity index (χ0n) is 14.3. The van der Waals surface area contributed by atoms with Gasteiger partial charge >= 0.3 is 0 Å². The average Bonchev–Trinajstić information content (AvgIpc) is 2.52. The van der Waals surface area contributed by atoms with E-state index in [-0.39, 0.29) is 11.9 Å². The van der Waals surface area contributed by atoms with Crippen molar-refractivity contribution in [1.82, 2.24) is 9.88 Å². The first-order valence-electron chi connectivity index (χ1n) is 8.48. The van der Waals surface area contributed by atoms with Gasteiger partial charge < -0.3 is 4.90 Å². The van der Waals surface area contributed by atoms with Gasteiger partial charge in [-0.1, -0.05) is 26.8 Å². The zero-order valence-corrected chi connectivity index (χ0v) is 14.3. The molecule has 1 saturated heterocycles. The first-order chi connectivity index (χ1) is 10.5. The predicted molar refractivity (Wildman–Crippen MR) is 90.9 cm³/mol. The summed E-state index contributed by atoms with van der Waals surface area (Å²) in [4.78, 5) is 21.1. The van der Waals surface area contributed by atoms with Gasteiger partial charge in [-0.2, -0.15) is 0 Å². The number of carbonyl (C=O) groups excluding carboxylic acids is 1. The summed E-state index contributed by atoms with van der Waals surface area (Å²) in [6, 6.07) is 5.89. The minimum atomic E-state index is 0.142. The number of pyridine rings is 1. The fourth-order valence-electron chi connectivity index (χ4n) is 3.24. The van der Waals surface area contributed by atoms with Crippen molar-refractivity contribution >= 4 is 11.7 Å². The number of rotatable bonds is 5. The third-order valence-corrected chi connectivity index (χ3v) is 4.85. The third kappa shape index (κ3) is 4.07. The van der Waals surface area contributed by atoms with Gasteiger partial charge in [0.2, 0.25) is 5.91 Å². The summed E-state index contributed by atoms with van der Waals surface area (Å²) >= 11 is 0. The van der Waals surface area contributed by atoms with Gasteiger partial charge in [0.15, 0.2) is 0 Å². The van der Waals surface area contributed by atoms with Gasteiger partial charge in [0.05, 0.1) is 0 Å². The van der Waals surface area contributed by atoms with E-state index in [0.29, 0.717) is 6.42 Å². The summed E-state index contributed by atoms with van der Waals surface area (Å²) in [5.41, 5.74) is 0. The lowest BCUT2D eigenvalue weighted by atomic mass is 9.88. The maximum absolute atomic E-state index is 12.4. The highest BCUT2D eigenvalue weighted by atomic mass is 16.2. The van der Waals surface area contributed by atoms with Crippen LogP contribution in [-0.2, 0) is 4.79 Å². The Morgan fingerprint density at radius 2 is 2.18 bits per heavy atom. The second-order valence-corrected chi connectivity index (χ2v) is 6.66. The van der Waals surface area contributed by atoms with Crippen molar-refractivity contribution in [2.24, 2.45) is 11.8 Å². The molecule has 4 heteroatoms. The van der Waals surface area contributed by atoms with E-state index in [4.69, 9.17) is 0 Å². The van der Waals surface area contributed by atoms with Crippen LogP contribution in [0, 0.1) is 11.8 Å². The Labute approximate surface area is 134 Å². The minimum Gasteiger partial charge on any atom is -0.301 e. The van der Waals surface area contributed by atoms with Gasteiger partial charge in [0.25, 0.3) is 0 Å². The quantitative estimate of drug-likeness (QED) is 0.838. The SMILES string of the molecule is CCC(=O)N(c1ccccn1)C(C)CN1CCC(C)C(C)C1. The fourth-order valence-corrected chi connectivity index (χ4v) is 3.24. The Kier molecular flexibility index (Phi) is 5.95. The van der Waals surface area contributed by atoms with Crippen LogP contribution in [0.2, 0.25) is 0 Å². The molecular weight excluding hydrogens is 274 g/mol. The van der Waals surface area contributed by atoms with Crippen molar-refractivity contribution in [2.45, 2.75) is 46.6 Å². The molecule has 3 atom stereocenters. The van der Waals surface area contributed by atoms with E-state index < -0.39 is 0 Å². The Balaban J connectivity index is 2.06. The van der Waals surface area contributed by atoms with Gasteiger partial charge in [-0.3, -0.25) is 9.69 Å². The van der Waals surface area contributed by atoms with Crippen molar-refractivity contribution in [3.63, 3.8) is 0 Å². The van der Waals surface area contributed by atoms with E-state index in [1.54, 1.807) is 6.20 Å². The van der Waals surface area contributed by atoms with Crippen molar-refractivity contribution < 1.29 is 4.79 Å². The molecule has 2 heterocycles. The lowest BCUT2D eigenvalue weighted by Crippen LogP contribution is -2.49. The molecule has 1 aromatic rings. The summed E-state index contributed by atoms with van der Waals surface area (Å²) < 4.78 is 0. The molecule has 1 aromatic heterocycles. The number of amides is 1. The molecule has 3 unspecified atom stereocenters. The topological polar surface area (TPSA) is 36.4 Å². The van der Waals surface area contributed by atoms with Crippen LogP contribution in [0.5, 0.6) is 0 Å². The number of aromatic nitrogens is 1. The van der Waals surface area contributed by atoms with Gasteiger partial charge in [-0.25, -0.2) is 4.98 Å². The number of nitrogens with zero attached hydrogens (tertiary/aromatic N) is 3. The molecule has 2 rings (SSSR count). The third-order valence-electron chi connectivity index (χ3n) is 4.85. The van der Waals surface area contributed by atoms with E-state index >= 15 is 0 Å². The summed E-state index contributed by atoms with van der Waals surface area (Å²) in [6.45, 7) is 11.9. The second-order valence-electron chi connectivity index (χ2n) is 6.66. The molecule has 0 bridgehead atoms. The van der Waals surface area contributed by atoms with E-state index in [0.717, 1.165) is 37.3 Å². The van der Waals surface area contributed by atoms with Crippen LogP contribution in [0.3, 0.4) is 0 Å². The van der Waals surface area contributed by atoms with Gasteiger partial charge in [0, 0.05) is 31.7 Å². The molecule has 0 saturated carbocycles. The van der Waals surface area contributed by atoms with Crippen LogP contribution in [0.1, 0.15) is 40.5 Å².